The highest BCUT2D eigenvalue weighted by Gasteiger charge is 2.25. The fourth-order valence-corrected chi connectivity index (χ4v) is 4.79. The van der Waals surface area contributed by atoms with E-state index in [1.165, 1.54) is 0 Å². The molecule has 186 valence electrons. The van der Waals surface area contributed by atoms with Crippen molar-refractivity contribution in [1.82, 2.24) is 24.6 Å². The summed E-state index contributed by atoms with van der Waals surface area (Å²) in [6.07, 6.45) is 2.62. The Morgan fingerprint density at radius 1 is 1.00 bits per heavy atom. The summed E-state index contributed by atoms with van der Waals surface area (Å²) in [5, 5.41) is 5.83. The molecule has 1 fully saturated rings. The van der Waals surface area contributed by atoms with E-state index in [4.69, 9.17) is 19.8 Å². The van der Waals surface area contributed by atoms with E-state index in [-0.39, 0.29) is 5.91 Å². The summed E-state index contributed by atoms with van der Waals surface area (Å²) in [5.74, 6) is 2.46. The largest absolute Gasteiger partial charge is 0.497 e. The van der Waals surface area contributed by atoms with E-state index < -0.39 is 0 Å². The molecular weight excluding hydrogens is 452 g/mol. The van der Waals surface area contributed by atoms with Gasteiger partial charge in [-0.2, -0.15) is 5.10 Å². The molecule has 0 aliphatic carbocycles. The van der Waals surface area contributed by atoms with Gasteiger partial charge in [-0.05, 0) is 50.1 Å². The number of carbonyl (C=O) groups excluding carboxylic acids is 1. The number of rotatable bonds is 6. The summed E-state index contributed by atoms with van der Waals surface area (Å²) in [5.41, 5.74) is 3.37. The molecule has 0 atom stereocenters. The van der Waals surface area contributed by atoms with Crippen LogP contribution in [0.1, 0.15) is 41.6 Å². The van der Waals surface area contributed by atoms with Gasteiger partial charge in [-0.25, -0.2) is 14.6 Å². The minimum Gasteiger partial charge on any atom is -0.497 e. The molecule has 0 unspecified atom stereocenters. The maximum absolute atomic E-state index is 13.2. The van der Waals surface area contributed by atoms with E-state index in [0.717, 1.165) is 59.9 Å². The van der Waals surface area contributed by atoms with Gasteiger partial charge in [0.25, 0.3) is 5.91 Å². The molecule has 0 spiro atoms. The zero-order valence-corrected chi connectivity index (χ0v) is 21.1. The number of anilines is 1. The third kappa shape index (κ3) is 4.63. The van der Waals surface area contributed by atoms with Crippen LogP contribution in [-0.4, -0.2) is 63.8 Å². The third-order valence-electron chi connectivity index (χ3n) is 6.60. The number of ether oxygens (including phenoxy) is 1. The van der Waals surface area contributed by atoms with Crippen molar-refractivity contribution in [3.63, 3.8) is 0 Å². The van der Waals surface area contributed by atoms with Gasteiger partial charge in [0, 0.05) is 38.2 Å². The van der Waals surface area contributed by atoms with Crippen LogP contribution in [0.15, 0.2) is 54.6 Å². The molecular formula is C28H32N6O2. The third-order valence-corrected chi connectivity index (χ3v) is 6.60. The first-order valence-electron chi connectivity index (χ1n) is 12.6. The lowest BCUT2D eigenvalue weighted by Gasteiger charge is -2.24. The van der Waals surface area contributed by atoms with Crippen LogP contribution in [0.4, 0.5) is 5.82 Å². The van der Waals surface area contributed by atoms with Gasteiger partial charge in [0.05, 0.1) is 23.9 Å². The van der Waals surface area contributed by atoms with E-state index >= 15 is 0 Å². The number of aromatic nitrogens is 4. The molecule has 8 nitrogen and oxygen atoms in total. The Labute approximate surface area is 211 Å². The van der Waals surface area contributed by atoms with Crippen molar-refractivity contribution < 1.29 is 9.53 Å². The smallest absolute Gasteiger partial charge is 0.254 e. The molecule has 3 heterocycles. The van der Waals surface area contributed by atoms with Crippen molar-refractivity contribution in [3.8, 4) is 11.4 Å². The number of aryl methyl sites for hydroxylation is 2. The van der Waals surface area contributed by atoms with Crippen LogP contribution in [0.5, 0.6) is 5.75 Å². The Balaban J connectivity index is 1.47. The molecule has 4 aromatic rings. The quantitative estimate of drug-likeness (QED) is 0.403. The molecule has 1 amide bonds. The fourth-order valence-electron chi connectivity index (χ4n) is 4.79. The lowest BCUT2D eigenvalue weighted by atomic mass is 10.2. The van der Waals surface area contributed by atoms with E-state index in [1.807, 2.05) is 65.0 Å². The van der Waals surface area contributed by atoms with E-state index in [0.29, 0.717) is 30.9 Å². The first-order valence-corrected chi connectivity index (χ1v) is 12.6. The lowest BCUT2D eigenvalue weighted by Crippen LogP contribution is -2.35. The van der Waals surface area contributed by atoms with Gasteiger partial charge in [-0.15, -0.1) is 0 Å². The van der Waals surface area contributed by atoms with Crippen LogP contribution >= 0.6 is 0 Å². The first kappa shape index (κ1) is 23.8. The number of methoxy groups -OCH3 is 1. The monoisotopic (exact) mass is 484 g/mol. The van der Waals surface area contributed by atoms with Crippen molar-refractivity contribution in [1.29, 1.82) is 0 Å². The number of amides is 1. The zero-order chi connectivity index (χ0) is 25.1. The second-order valence-electron chi connectivity index (χ2n) is 9.11. The average molecular weight is 485 g/mol. The number of nitrogens with zero attached hydrogens (tertiary/aromatic N) is 6. The molecule has 1 aliphatic rings. The van der Waals surface area contributed by atoms with Gasteiger partial charge in [-0.1, -0.05) is 31.2 Å². The minimum absolute atomic E-state index is 0.0309. The molecule has 2 aromatic heterocycles. The highest BCUT2D eigenvalue weighted by molar-refractivity contribution is 5.95. The summed E-state index contributed by atoms with van der Waals surface area (Å²) in [4.78, 5) is 27.4. The molecule has 36 heavy (non-hydrogen) atoms. The standard InChI is InChI=1S/C28H32N6O2/c1-4-10-24-29-26(25-20(2)31-34(27(25)30-24)22-12-6-5-7-13-22)32-15-9-16-33(18-17-32)28(35)21-11-8-14-23(19-21)36-3/h5-8,11-14,19H,4,9-10,15-18H2,1-3H3. The van der Waals surface area contributed by atoms with Crippen molar-refractivity contribution in [2.45, 2.75) is 33.1 Å². The van der Waals surface area contributed by atoms with Crippen LogP contribution in [0, 0.1) is 6.92 Å². The summed E-state index contributed by atoms with van der Waals surface area (Å²) in [7, 11) is 1.62. The van der Waals surface area contributed by atoms with Crippen molar-refractivity contribution >= 4 is 22.8 Å². The van der Waals surface area contributed by atoms with E-state index in [2.05, 4.69) is 11.8 Å². The second kappa shape index (κ2) is 10.4. The number of carbonyl (C=O) groups is 1. The topological polar surface area (TPSA) is 76.4 Å². The molecule has 0 bridgehead atoms. The molecule has 2 aromatic carbocycles. The maximum atomic E-state index is 13.2. The highest BCUT2D eigenvalue weighted by Crippen LogP contribution is 2.30. The predicted molar refractivity (Wildman–Crippen MR) is 141 cm³/mol. The normalized spacial score (nSPS) is 14.2. The van der Waals surface area contributed by atoms with Gasteiger partial charge in [0.2, 0.25) is 0 Å². The van der Waals surface area contributed by atoms with Crippen LogP contribution in [-0.2, 0) is 6.42 Å². The molecule has 0 saturated carbocycles. The Hall–Kier alpha value is -3.94. The summed E-state index contributed by atoms with van der Waals surface area (Å²) < 4.78 is 7.23. The first-order chi connectivity index (χ1) is 17.6. The van der Waals surface area contributed by atoms with Gasteiger partial charge in [-0.3, -0.25) is 4.79 Å². The fraction of sp³-hybridized carbons (Fsp3) is 0.357. The summed E-state index contributed by atoms with van der Waals surface area (Å²) >= 11 is 0. The summed E-state index contributed by atoms with van der Waals surface area (Å²) in [6.45, 7) is 6.99. The van der Waals surface area contributed by atoms with Gasteiger partial charge in [0.1, 0.15) is 17.4 Å². The number of benzene rings is 2. The second-order valence-corrected chi connectivity index (χ2v) is 9.11. The van der Waals surface area contributed by atoms with Crippen molar-refractivity contribution in [2.75, 3.05) is 38.2 Å². The zero-order valence-electron chi connectivity index (χ0n) is 21.1. The number of fused-ring (bicyclic) bond motifs is 1. The van der Waals surface area contributed by atoms with Crippen LogP contribution in [0.2, 0.25) is 0 Å². The molecule has 8 heteroatoms. The Kier molecular flexibility index (Phi) is 6.84. The van der Waals surface area contributed by atoms with Crippen LogP contribution in [0.3, 0.4) is 0 Å². The lowest BCUT2D eigenvalue weighted by molar-refractivity contribution is 0.0766. The Bertz CT molecular complexity index is 1370. The minimum atomic E-state index is 0.0309. The Morgan fingerprint density at radius 3 is 2.61 bits per heavy atom. The Morgan fingerprint density at radius 2 is 1.83 bits per heavy atom. The van der Waals surface area contributed by atoms with Crippen molar-refractivity contribution in [2.24, 2.45) is 0 Å². The SMILES string of the molecule is CCCc1nc(N2CCCN(C(=O)c3cccc(OC)c3)CC2)c2c(C)nn(-c3ccccc3)c2n1. The average Bonchev–Trinajstić information content (AvgIpc) is 3.08. The van der Waals surface area contributed by atoms with Crippen LogP contribution in [0.25, 0.3) is 16.7 Å². The van der Waals surface area contributed by atoms with Gasteiger partial charge < -0.3 is 14.5 Å². The van der Waals surface area contributed by atoms with Crippen LogP contribution < -0.4 is 9.64 Å². The maximum Gasteiger partial charge on any atom is 0.254 e. The molecule has 5 rings (SSSR count). The van der Waals surface area contributed by atoms with Crippen molar-refractivity contribution in [3.05, 3.63) is 71.7 Å². The summed E-state index contributed by atoms with van der Waals surface area (Å²) in [6, 6.07) is 17.5. The molecule has 1 saturated heterocycles. The number of para-hydroxylation sites is 1. The molecule has 0 radical (unpaired) electrons. The predicted octanol–water partition coefficient (Wildman–Crippen LogP) is 4.44. The van der Waals surface area contributed by atoms with Gasteiger partial charge >= 0.3 is 0 Å². The van der Waals surface area contributed by atoms with E-state index in [9.17, 15) is 4.79 Å². The van der Waals surface area contributed by atoms with E-state index in [1.54, 1.807) is 13.2 Å². The highest BCUT2D eigenvalue weighted by atomic mass is 16.5. The van der Waals surface area contributed by atoms with Gasteiger partial charge in [0.15, 0.2) is 5.65 Å². The molecule has 1 aliphatic heterocycles. The number of hydrogen-bond donors (Lipinski definition) is 0. The molecule has 0 N–H and O–H groups in total. The number of hydrogen-bond acceptors (Lipinski definition) is 6.